The van der Waals surface area contributed by atoms with Crippen LogP contribution >= 0.6 is 23.5 Å². The van der Waals surface area contributed by atoms with Crippen LogP contribution in [-0.2, 0) is 0 Å². The Labute approximate surface area is 135 Å². The van der Waals surface area contributed by atoms with Gasteiger partial charge in [-0.05, 0) is 12.1 Å². The van der Waals surface area contributed by atoms with Gasteiger partial charge in [0.05, 0.1) is 11.3 Å². The van der Waals surface area contributed by atoms with Crippen LogP contribution in [0.1, 0.15) is 5.56 Å². The van der Waals surface area contributed by atoms with Gasteiger partial charge in [-0.1, -0.05) is 12.1 Å². The van der Waals surface area contributed by atoms with Gasteiger partial charge >= 0.3 is 0 Å². The number of para-hydroxylation sites is 1. The van der Waals surface area contributed by atoms with Crippen molar-refractivity contribution in [1.82, 2.24) is 4.90 Å². The van der Waals surface area contributed by atoms with Crippen LogP contribution in [0, 0.1) is 11.3 Å². The Hall–Kier alpha value is -0.830. The molecular formula is C16H21N3S2. The summed E-state index contributed by atoms with van der Waals surface area (Å²) in [6, 6.07) is 11.0. The minimum Gasteiger partial charge on any atom is -0.368 e. The van der Waals surface area contributed by atoms with Gasteiger partial charge in [0.1, 0.15) is 6.07 Å². The van der Waals surface area contributed by atoms with E-state index < -0.39 is 0 Å². The third-order valence-corrected chi connectivity index (χ3v) is 6.67. The van der Waals surface area contributed by atoms with Crippen LogP contribution in [0.5, 0.6) is 0 Å². The molecule has 0 radical (unpaired) electrons. The lowest BCUT2D eigenvalue weighted by atomic mass is 10.1. The van der Waals surface area contributed by atoms with E-state index in [1.807, 2.05) is 18.2 Å². The Balaban J connectivity index is 1.61. The summed E-state index contributed by atoms with van der Waals surface area (Å²) in [5, 5.41) is 9.24. The first-order valence-corrected chi connectivity index (χ1v) is 9.83. The lowest BCUT2D eigenvalue weighted by molar-refractivity contribution is 0.215. The predicted octanol–water partition coefficient (Wildman–Crippen LogP) is 2.53. The Morgan fingerprint density at radius 1 is 1.00 bits per heavy atom. The van der Waals surface area contributed by atoms with Crippen molar-refractivity contribution in [2.75, 3.05) is 54.1 Å². The van der Waals surface area contributed by atoms with Gasteiger partial charge in [0, 0.05) is 55.2 Å². The summed E-state index contributed by atoms with van der Waals surface area (Å²) in [5.74, 6) is 5.16. The number of thioether (sulfide) groups is 2. The highest BCUT2D eigenvalue weighted by Gasteiger charge is 2.25. The van der Waals surface area contributed by atoms with Gasteiger partial charge < -0.3 is 4.90 Å². The van der Waals surface area contributed by atoms with Crippen molar-refractivity contribution in [3.63, 3.8) is 0 Å². The molecular weight excluding hydrogens is 298 g/mol. The molecule has 2 heterocycles. The van der Waals surface area contributed by atoms with Gasteiger partial charge in [-0.15, -0.1) is 0 Å². The maximum absolute atomic E-state index is 9.24. The van der Waals surface area contributed by atoms with E-state index in [-0.39, 0.29) is 0 Å². The summed E-state index contributed by atoms with van der Waals surface area (Å²) in [6.07, 6.45) is 0. The zero-order chi connectivity index (χ0) is 14.5. The highest BCUT2D eigenvalue weighted by Crippen LogP contribution is 2.24. The molecule has 2 saturated heterocycles. The third-order valence-electron chi connectivity index (χ3n) is 4.19. The smallest absolute Gasteiger partial charge is 0.101 e. The first-order valence-electron chi connectivity index (χ1n) is 7.52. The Morgan fingerprint density at radius 2 is 1.67 bits per heavy atom. The van der Waals surface area contributed by atoms with Gasteiger partial charge in [0.15, 0.2) is 0 Å². The largest absolute Gasteiger partial charge is 0.368 e. The summed E-state index contributed by atoms with van der Waals surface area (Å²) >= 11 is 4.20. The molecule has 0 unspecified atom stereocenters. The first-order chi connectivity index (χ1) is 10.4. The molecule has 21 heavy (non-hydrogen) atoms. The van der Waals surface area contributed by atoms with Crippen molar-refractivity contribution < 1.29 is 0 Å². The molecule has 0 atom stereocenters. The second-order valence-corrected chi connectivity index (χ2v) is 7.76. The molecule has 0 amide bonds. The maximum atomic E-state index is 9.24. The highest BCUT2D eigenvalue weighted by atomic mass is 32.2. The van der Waals surface area contributed by atoms with E-state index in [0.29, 0.717) is 0 Å². The molecule has 2 aliphatic heterocycles. The molecule has 3 nitrogen and oxygen atoms in total. The summed E-state index contributed by atoms with van der Waals surface area (Å²) in [6.45, 7) is 4.30. The van der Waals surface area contributed by atoms with Gasteiger partial charge in [-0.3, -0.25) is 4.90 Å². The fourth-order valence-corrected chi connectivity index (χ4v) is 5.61. The number of anilines is 1. The van der Waals surface area contributed by atoms with E-state index in [2.05, 4.69) is 45.5 Å². The standard InChI is InChI=1S/C16H21N3S2/c17-11-14-3-1-2-4-16(14)19-7-5-18(6-8-19)15-12-20-9-10-21-13-15/h1-4,15H,5-10,12-13H2. The van der Waals surface area contributed by atoms with Crippen LogP contribution in [0.25, 0.3) is 0 Å². The average Bonchev–Trinajstić information content (AvgIpc) is 2.84. The molecule has 1 aromatic carbocycles. The molecule has 0 bridgehead atoms. The Bertz CT molecular complexity index is 498. The van der Waals surface area contributed by atoms with Crippen molar-refractivity contribution in [1.29, 1.82) is 5.26 Å². The molecule has 0 aromatic heterocycles. The quantitative estimate of drug-likeness (QED) is 0.836. The summed E-state index contributed by atoms with van der Waals surface area (Å²) in [4.78, 5) is 5.02. The molecule has 2 fully saturated rings. The van der Waals surface area contributed by atoms with E-state index >= 15 is 0 Å². The van der Waals surface area contributed by atoms with E-state index in [9.17, 15) is 5.26 Å². The average molecular weight is 319 g/mol. The van der Waals surface area contributed by atoms with Crippen LogP contribution in [0.3, 0.4) is 0 Å². The SMILES string of the molecule is N#Cc1ccccc1N1CCN(C2CSCCSC2)CC1. The molecule has 0 N–H and O–H groups in total. The highest BCUT2D eigenvalue weighted by molar-refractivity contribution is 8.03. The van der Waals surface area contributed by atoms with Crippen molar-refractivity contribution >= 4 is 29.2 Å². The number of rotatable bonds is 2. The summed E-state index contributed by atoms with van der Waals surface area (Å²) < 4.78 is 0. The summed E-state index contributed by atoms with van der Waals surface area (Å²) in [5.41, 5.74) is 1.90. The number of hydrogen-bond acceptors (Lipinski definition) is 5. The fourth-order valence-electron chi connectivity index (χ4n) is 2.99. The van der Waals surface area contributed by atoms with Crippen molar-refractivity contribution in [3.8, 4) is 6.07 Å². The number of nitrogens with zero attached hydrogens (tertiary/aromatic N) is 3. The molecule has 5 heteroatoms. The number of piperazine rings is 1. The van der Waals surface area contributed by atoms with Crippen molar-refractivity contribution in [2.24, 2.45) is 0 Å². The molecule has 0 spiro atoms. The normalized spacial score (nSPS) is 21.8. The van der Waals surface area contributed by atoms with E-state index in [1.54, 1.807) is 0 Å². The number of nitriles is 1. The molecule has 112 valence electrons. The lowest BCUT2D eigenvalue weighted by Crippen LogP contribution is -2.52. The molecule has 1 aromatic rings. The zero-order valence-electron chi connectivity index (χ0n) is 12.2. The predicted molar refractivity (Wildman–Crippen MR) is 93.4 cm³/mol. The molecule has 0 aliphatic carbocycles. The fraction of sp³-hybridized carbons (Fsp3) is 0.562. The van der Waals surface area contributed by atoms with Gasteiger partial charge in [0.25, 0.3) is 0 Å². The van der Waals surface area contributed by atoms with Crippen molar-refractivity contribution in [2.45, 2.75) is 6.04 Å². The van der Waals surface area contributed by atoms with Gasteiger partial charge in [0.2, 0.25) is 0 Å². The third kappa shape index (κ3) is 3.68. The van der Waals surface area contributed by atoms with Crippen LogP contribution < -0.4 is 4.90 Å². The van der Waals surface area contributed by atoms with Crippen LogP contribution in [0.4, 0.5) is 5.69 Å². The topological polar surface area (TPSA) is 30.3 Å². The van der Waals surface area contributed by atoms with Gasteiger partial charge in [-0.2, -0.15) is 28.8 Å². The second kappa shape index (κ2) is 7.44. The van der Waals surface area contributed by atoms with Crippen LogP contribution in [0.2, 0.25) is 0 Å². The molecule has 0 saturated carbocycles. The van der Waals surface area contributed by atoms with Crippen molar-refractivity contribution in [3.05, 3.63) is 29.8 Å². The number of hydrogen-bond donors (Lipinski definition) is 0. The van der Waals surface area contributed by atoms with Crippen LogP contribution in [0.15, 0.2) is 24.3 Å². The zero-order valence-corrected chi connectivity index (χ0v) is 13.8. The first kappa shape index (κ1) is 15.1. The molecule has 3 rings (SSSR count). The van der Waals surface area contributed by atoms with Crippen LogP contribution in [-0.4, -0.2) is 60.1 Å². The van der Waals surface area contributed by atoms with Gasteiger partial charge in [-0.25, -0.2) is 0 Å². The monoisotopic (exact) mass is 319 g/mol. The number of benzene rings is 1. The molecule has 2 aliphatic rings. The minimum atomic E-state index is 0.732. The summed E-state index contributed by atoms with van der Waals surface area (Å²) in [7, 11) is 0. The lowest BCUT2D eigenvalue weighted by Gasteiger charge is -2.40. The van der Waals surface area contributed by atoms with E-state index in [0.717, 1.165) is 43.5 Å². The minimum absolute atomic E-state index is 0.732. The Morgan fingerprint density at radius 3 is 2.33 bits per heavy atom. The maximum Gasteiger partial charge on any atom is 0.101 e. The van der Waals surface area contributed by atoms with E-state index in [1.165, 1.54) is 23.0 Å². The Kier molecular flexibility index (Phi) is 5.34. The van der Waals surface area contributed by atoms with E-state index in [4.69, 9.17) is 0 Å². The second-order valence-electron chi connectivity index (χ2n) is 5.46.